The van der Waals surface area contributed by atoms with E-state index in [-0.39, 0.29) is 0 Å². The van der Waals surface area contributed by atoms with E-state index in [0.29, 0.717) is 0 Å². The molecule has 4 nitrogen and oxygen atoms in total. The topological polar surface area (TPSA) is 35.6 Å². The maximum Gasteiger partial charge on any atom is 0.145 e. The maximum absolute atomic E-state index is 5.02. The molecule has 0 aliphatic rings. The summed E-state index contributed by atoms with van der Waals surface area (Å²) in [7, 11) is 0. The van der Waals surface area contributed by atoms with Crippen molar-refractivity contribution in [2.24, 2.45) is 0 Å². The molecule has 0 aliphatic heterocycles. The van der Waals surface area contributed by atoms with Crippen molar-refractivity contribution in [3.8, 4) is 44.8 Å². The van der Waals surface area contributed by atoms with Gasteiger partial charge in [-0.3, -0.25) is 9.55 Å². The van der Waals surface area contributed by atoms with E-state index in [1.54, 1.807) is 0 Å². The molecule has 0 aliphatic carbocycles. The van der Waals surface area contributed by atoms with Crippen molar-refractivity contribution in [1.82, 2.24) is 19.1 Å². The van der Waals surface area contributed by atoms with Gasteiger partial charge in [-0.15, -0.1) is 0 Å². The summed E-state index contributed by atoms with van der Waals surface area (Å²) < 4.78 is 4.73. The molecule has 4 heterocycles. The van der Waals surface area contributed by atoms with Crippen LogP contribution in [0.4, 0.5) is 0 Å². The van der Waals surface area contributed by atoms with Gasteiger partial charge in [-0.05, 0) is 123 Å². The minimum atomic E-state index is 0.928. The fourth-order valence-corrected chi connectivity index (χ4v) is 9.45. The Bertz CT molecular complexity index is 3500. The molecule has 0 amide bonds. The Morgan fingerprint density at radius 1 is 0.339 bits per heavy atom. The number of benzene rings is 8. The Balaban J connectivity index is 1.21. The molecule has 0 saturated heterocycles. The third-order valence-electron chi connectivity index (χ3n) is 12.0. The van der Waals surface area contributed by atoms with Crippen LogP contribution in [0.2, 0.25) is 0 Å². The summed E-state index contributed by atoms with van der Waals surface area (Å²) in [6, 6.07) is 68.3. The normalized spacial score (nSPS) is 11.8. The van der Waals surface area contributed by atoms with Gasteiger partial charge in [0.2, 0.25) is 0 Å². The lowest BCUT2D eigenvalue weighted by molar-refractivity contribution is 1.11. The number of hydrogen-bond donors (Lipinski definition) is 0. The predicted octanol–water partition coefficient (Wildman–Crippen LogP) is 14.3. The summed E-state index contributed by atoms with van der Waals surface area (Å²) in [5.41, 5.74) is 15.7. The summed E-state index contributed by atoms with van der Waals surface area (Å²) in [5, 5.41) is 8.29. The highest BCUT2D eigenvalue weighted by atomic mass is 15.1. The molecule has 0 fully saturated rings. The van der Waals surface area contributed by atoms with Crippen LogP contribution in [0.5, 0.6) is 0 Å². The van der Waals surface area contributed by atoms with Crippen LogP contribution in [0.3, 0.4) is 0 Å². The molecule has 0 atom stereocenters. The van der Waals surface area contributed by atoms with E-state index in [2.05, 4.69) is 192 Å². The highest BCUT2D eigenvalue weighted by molar-refractivity contribution is 6.21. The Labute approximate surface area is 340 Å². The van der Waals surface area contributed by atoms with Crippen LogP contribution in [0.25, 0.3) is 110 Å². The van der Waals surface area contributed by atoms with Crippen LogP contribution in [-0.2, 0) is 0 Å². The standard InChI is InChI=1S/C55H36N4/c1-35-23-25-36(26-24-35)38-27-28-50-48(33-38)54-51(22-12-29-56-54)58(50)40-31-39(32-41(34-40)59-49-21-10-9-15-42(49)47-20-11-30-57-55(47)59)53-45-18-7-5-16-43(45)52(37-13-3-2-4-14-37)44-17-6-8-19-46(44)53/h2-34H,1H3. The quantitative estimate of drug-likeness (QED) is 0.164. The van der Waals surface area contributed by atoms with Crippen molar-refractivity contribution < 1.29 is 0 Å². The number of aryl methyl sites for hydroxylation is 1. The molecule has 0 unspecified atom stereocenters. The van der Waals surface area contributed by atoms with Crippen LogP contribution < -0.4 is 0 Å². The largest absolute Gasteiger partial charge is 0.308 e. The van der Waals surface area contributed by atoms with Crippen LogP contribution in [-0.4, -0.2) is 19.1 Å². The average Bonchev–Trinajstić information content (AvgIpc) is 3.81. The number of hydrogen-bond acceptors (Lipinski definition) is 2. The van der Waals surface area contributed by atoms with Crippen molar-refractivity contribution in [1.29, 1.82) is 0 Å². The maximum atomic E-state index is 5.02. The molecule has 0 radical (unpaired) electrons. The first-order valence-corrected chi connectivity index (χ1v) is 20.2. The summed E-state index contributed by atoms with van der Waals surface area (Å²) in [6.07, 6.45) is 3.80. The van der Waals surface area contributed by atoms with Gasteiger partial charge in [-0.2, -0.15) is 0 Å². The Morgan fingerprint density at radius 2 is 0.881 bits per heavy atom. The average molecular weight is 753 g/mol. The van der Waals surface area contributed by atoms with Crippen molar-refractivity contribution in [2.75, 3.05) is 0 Å². The molecule has 12 rings (SSSR count). The van der Waals surface area contributed by atoms with Gasteiger partial charge in [-0.25, -0.2) is 4.98 Å². The number of nitrogens with zero attached hydrogens (tertiary/aromatic N) is 4. The second-order valence-corrected chi connectivity index (χ2v) is 15.5. The fraction of sp³-hybridized carbons (Fsp3) is 0.0182. The van der Waals surface area contributed by atoms with E-state index in [4.69, 9.17) is 9.97 Å². The third-order valence-corrected chi connectivity index (χ3v) is 12.0. The summed E-state index contributed by atoms with van der Waals surface area (Å²) >= 11 is 0. The van der Waals surface area contributed by atoms with E-state index in [9.17, 15) is 0 Å². The Kier molecular flexibility index (Phi) is 7.41. The Morgan fingerprint density at radius 3 is 1.61 bits per heavy atom. The van der Waals surface area contributed by atoms with Gasteiger partial charge in [0.15, 0.2) is 0 Å². The zero-order valence-electron chi connectivity index (χ0n) is 32.3. The molecule has 0 spiro atoms. The van der Waals surface area contributed by atoms with Crippen molar-refractivity contribution in [2.45, 2.75) is 6.92 Å². The van der Waals surface area contributed by atoms with E-state index in [0.717, 1.165) is 55.4 Å². The molecule has 4 aromatic heterocycles. The highest BCUT2D eigenvalue weighted by Crippen LogP contribution is 2.45. The van der Waals surface area contributed by atoms with Crippen molar-refractivity contribution in [3.05, 3.63) is 206 Å². The molecule has 4 heteroatoms. The van der Waals surface area contributed by atoms with Crippen LogP contribution in [0.15, 0.2) is 200 Å². The molecular weight excluding hydrogens is 717 g/mol. The molecule has 276 valence electrons. The summed E-state index contributed by atoms with van der Waals surface area (Å²) in [6.45, 7) is 2.13. The first-order valence-electron chi connectivity index (χ1n) is 20.2. The lowest BCUT2D eigenvalue weighted by Gasteiger charge is -2.20. The second-order valence-electron chi connectivity index (χ2n) is 15.5. The van der Waals surface area contributed by atoms with Crippen LogP contribution in [0.1, 0.15) is 5.56 Å². The van der Waals surface area contributed by atoms with E-state index >= 15 is 0 Å². The fourth-order valence-electron chi connectivity index (χ4n) is 9.45. The van der Waals surface area contributed by atoms with Gasteiger partial charge in [0.05, 0.1) is 27.8 Å². The summed E-state index contributed by atoms with van der Waals surface area (Å²) in [5.74, 6) is 0. The number of para-hydroxylation sites is 1. The molecule has 12 aromatic rings. The van der Waals surface area contributed by atoms with Gasteiger partial charge >= 0.3 is 0 Å². The number of pyridine rings is 2. The van der Waals surface area contributed by atoms with Gasteiger partial charge in [-0.1, -0.05) is 133 Å². The van der Waals surface area contributed by atoms with Crippen molar-refractivity contribution in [3.63, 3.8) is 0 Å². The van der Waals surface area contributed by atoms with Crippen LogP contribution in [0, 0.1) is 6.92 Å². The van der Waals surface area contributed by atoms with Gasteiger partial charge < -0.3 is 4.57 Å². The lowest BCUT2D eigenvalue weighted by atomic mass is 9.86. The minimum Gasteiger partial charge on any atom is -0.308 e. The molecule has 0 saturated carbocycles. The molecule has 59 heavy (non-hydrogen) atoms. The SMILES string of the molecule is Cc1ccc(-c2ccc3c(c2)c2ncccc2n3-c2cc(-c3c4ccccc4c(-c4ccccc4)c4ccccc34)cc(-n3c4ccccc4c4cccnc43)c2)cc1. The third kappa shape index (κ3) is 5.16. The number of fused-ring (bicyclic) bond motifs is 8. The Hall–Kier alpha value is -7.82. The van der Waals surface area contributed by atoms with Gasteiger partial charge in [0, 0.05) is 34.2 Å². The van der Waals surface area contributed by atoms with E-state index < -0.39 is 0 Å². The summed E-state index contributed by atoms with van der Waals surface area (Å²) in [4.78, 5) is 10.0. The first kappa shape index (κ1) is 33.3. The van der Waals surface area contributed by atoms with E-state index in [1.807, 2.05) is 24.5 Å². The van der Waals surface area contributed by atoms with Gasteiger partial charge in [0.1, 0.15) is 5.65 Å². The van der Waals surface area contributed by atoms with E-state index in [1.165, 1.54) is 60.3 Å². The molecule has 0 bridgehead atoms. The number of rotatable bonds is 5. The smallest absolute Gasteiger partial charge is 0.145 e. The zero-order chi connectivity index (χ0) is 39.0. The predicted molar refractivity (Wildman–Crippen MR) is 247 cm³/mol. The second kappa shape index (κ2) is 13.1. The van der Waals surface area contributed by atoms with Crippen molar-refractivity contribution >= 4 is 65.4 Å². The highest BCUT2D eigenvalue weighted by Gasteiger charge is 2.22. The minimum absolute atomic E-state index is 0.928. The van der Waals surface area contributed by atoms with Crippen LogP contribution >= 0.6 is 0 Å². The molecular formula is C55H36N4. The zero-order valence-corrected chi connectivity index (χ0v) is 32.3. The first-order chi connectivity index (χ1) is 29.2. The lowest BCUT2D eigenvalue weighted by Crippen LogP contribution is -2.01. The monoisotopic (exact) mass is 752 g/mol. The number of aromatic nitrogens is 4. The molecule has 8 aromatic carbocycles. The van der Waals surface area contributed by atoms with Gasteiger partial charge in [0.25, 0.3) is 0 Å². The molecule has 0 N–H and O–H groups in total.